The van der Waals surface area contributed by atoms with Crippen LogP contribution in [0.15, 0.2) is 48.9 Å². The maximum absolute atomic E-state index is 14.8. The molecule has 1 unspecified atom stereocenters. The van der Waals surface area contributed by atoms with Crippen molar-refractivity contribution in [3.05, 3.63) is 60.4 Å². The first-order valence-electron chi connectivity index (χ1n) is 9.31. The summed E-state index contributed by atoms with van der Waals surface area (Å²) in [5, 5.41) is 10.2. The van der Waals surface area contributed by atoms with E-state index in [1.807, 2.05) is 0 Å². The van der Waals surface area contributed by atoms with E-state index in [0.29, 0.717) is 23.4 Å². The molecule has 1 N–H and O–H groups in total. The Kier molecular flexibility index (Phi) is 5.38. The van der Waals surface area contributed by atoms with E-state index in [0.717, 1.165) is 5.69 Å². The topological polar surface area (TPSA) is 102 Å². The van der Waals surface area contributed by atoms with Gasteiger partial charge in [0.05, 0.1) is 37.2 Å². The van der Waals surface area contributed by atoms with Crippen LogP contribution in [0.25, 0.3) is 11.1 Å². The monoisotopic (exact) mass is 410 g/mol. The van der Waals surface area contributed by atoms with Crippen molar-refractivity contribution >= 4 is 17.7 Å². The van der Waals surface area contributed by atoms with E-state index in [1.54, 1.807) is 47.5 Å². The summed E-state index contributed by atoms with van der Waals surface area (Å²) < 4.78 is 21.6. The molecule has 2 amide bonds. The first kappa shape index (κ1) is 19.5. The Bertz CT molecular complexity index is 1050. The molecule has 154 valence electrons. The normalized spacial score (nSPS) is 15.9. The molecule has 0 radical (unpaired) electrons. The SMILES string of the molecule is CC(=O)NCC1CN(c2ccc(-c3ccc(Cn4ccnn4)nc3)c(F)c2)C(=O)O1. The molecule has 4 rings (SSSR count). The van der Waals surface area contributed by atoms with E-state index in [9.17, 15) is 14.0 Å². The lowest BCUT2D eigenvalue weighted by molar-refractivity contribution is -0.119. The number of rotatable bonds is 6. The van der Waals surface area contributed by atoms with Gasteiger partial charge >= 0.3 is 6.09 Å². The molecule has 3 aromatic rings. The molecular weight excluding hydrogens is 391 g/mol. The number of cyclic esters (lactones) is 1. The maximum atomic E-state index is 14.8. The number of amides is 2. The van der Waals surface area contributed by atoms with Crippen LogP contribution in [0.5, 0.6) is 0 Å². The van der Waals surface area contributed by atoms with E-state index in [4.69, 9.17) is 4.74 Å². The van der Waals surface area contributed by atoms with E-state index in [-0.39, 0.29) is 19.0 Å². The predicted octanol–water partition coefficient (Wildman–Crippen LogP) is 1.99. The van der Waals surface area contributed by atoms with Crippen molar-refractivity contribution in [2.45, 2.75) is 19.6 Å². The summed E-state index contributed by atoms with van der Waals surface area (Å²) in [6.07, 6.45) is 3.86. The zero-order valence-electron chi connectivity index (χ0n) is 16.2. The third kappa shape index (κ3) is 4.27. The summed E-state index contributed by atoms with van der Waals surface area (Å²) in [6.45, 7) is 2.30. The van der Waals surface area contributed by atoms with Crippen LogP contribution in [0, 0.1) is 5.82 Å². The number of benzene rings is 1. The van der Waals surface area contributed by atoms with Gasteiger partial charge in [0.1, 0.15) is 11.9 Å². The summed E-state index contributed by atoms with van der Waals surface area (Å²) in [4.78, 5) is 28.8. The van der Waals surface area contributed by atoms with Crippen molar-refractivity contribution in [3.8, 4) is 11.1 Å². The van der Waals surface area contributed by atoms with Crippen LogP contribution in [-0.2, 0) is 16.1 Å². The molecule has 30 heavy (non-hydrogen) atoms. The van der Waals surface area contributed by atoms with Crippen molar-refractivity contribution in [2.75, 3.05) is 18.0 Å². The van der Waals surface area contributed by atoms with Gasteiger partial charge in [-0.25, -0.2) is 13.9 Å². The fraction of sp³-hybridized carbons (Fsp3) is 0.250. The average Bonchev–Trinajstić information content (AvgIpc) is 3.36. The second kappa shape index (κ2) is 8.27. The minimum Gasteiger partial charge on any atom is -0.442 e. The second-order valence-corrected chi connectivity index (χ2v) is 6.86. The molecule has 9 nitrogen and oxygen atoms in total. The Hall–Kier alpha value is -3.82. The van der Waals surface area contributed by atoms with Crippen molar-refractivity contribution in [1.82, 2.24) is 25.3 Å². The van der Waals surface area contributed by atoms with Gasteiger partial charge in [-0.1, -0.05) is 11.3 Å². The highest BCUT2D eigenvalue weighted by atomic mass is 19.1. The third-order valence-electron chi connectivity index (χ3n) is 4.65. The number of carbonyl (C=O) groups is 2. The van der Waals surface area contributed by atoms with Crippen molar-refractivity contribution in [2.24, 2.45) is 0 Å². The largest absolute Gasteiger partial charge is 0.442 e. The Balaban J connectivity index is 1.47. The molecule has 1 aliphatic heterocycles. The van der Waals surface area contributed by atoms with Gasteiger partial charge in [-0.3, -0.25) is 14.7 Å². The Morgan fingerprint density at radius 3 is 2.87 bits per heavy atom. The summed E-state index contributed by atoms with van der Waals surface area (Å²) in [6, 6.07) is 8.14. The summed E-state index contributed by atoms with van der Waals surface area (Å²) in [5.74, 6) is -0.683. The second-order valence-electron chi connectivity index (χ2n) is 6.86. The highest BCUT2D eigenvalue weighted by molar-refractivity contribution is 5.90. The lowest BCUT2D eigenvalue weighted by Gasteiger charge is -2.14. The summed E-state index contributed by atoms with van der Waals surface area (Å²) in [7, 11) is 0. The first-order valence-corrected chi connectivity index (χ1v) is 9.31. The predicted molar refractivity (Wildman–Crippen MR) is 105 cm³/mol. The van der Waals surface area contributed by atoms with Crippen molar-refractivity contribution in [1.29, 1.82) is 0 Å². The molecule has 0 bridgehead atoms. The van der Waals surface area contributed by atoms with Gasteiger partial charge in [-0.2, -0.15) is 0 Å². The van der Waals surface area contributed by atoms with Gasteiger partial charge in [-0.05, 0) is 24.3 Å². The standard InChI is InChI=1S/C20H19FN6O3/c1-13(28)22-10-17-12-27(20(29)30-17)16-4-5-18(19(21)8-16)14-2-3-15(23-9-14)11-26-7-6-24-25-26/h2-9,17H,10-12H2,1H3,(H,22,28). The van der Waals surface area contributed by atoms with E-state index >= 15 is 0 Å². The van der Waals surface area contributed by atoms with Gasteiger partial charge < -0.3 is 10.1 Å². The van der Waals surface area contributed by atoms with Gasteiger partial charge in [0.2, 0.25) is 5.91 Å². The maximum Gasteiger partial charge on any atom is 0.414 e. The third-order valence-corrected chi connectivity index (χ3v) is 4.65. The number of pyridine rings is 1. The fourth-order valence-electron chi connectivity index (χ4n) is 3.16. The molecule has 10 heteroatoms. The lowest BCUT2D eigenvalue weighted by atomic mass is 10.1. The van der Waals surface area contributed by atoms with Gasteiger partial charge in [0, 0.05) is 30.4 Å². The van der Waals surface area contributed by atoms with Gasteiger partial charge in [-0.15, -0.1) is 5.10 Å². The zero-order valence-corrected chi connectivity index (χ0v) is 16.2. The molecule has 1 saturated heterocycles. The number of hydrogen-bond acceptors (Lipinski definition) is 6. The highest BCUT2D eigenvalue weighted by Gasteiger charge is 2.32. The summed E-state index contributed by atoms with van der Waals surface area (Å²) in [5.41, 5.74) is 2.16. The van der Waals surface area contributed by atoms with E-state index in [1.165, 1.54) is 17.9 Å². The Morgan fingerprint density at radius 1 is 1.33 bits per heavy atom. The van der Waals surface area contributed by atoms with Crippen LogP contribution in [-0.4, -0.2) is 51.2 Å². The number of aromatic nitrogens is 4. The molecule has 1 aromatic carbocycles. The molecule has 1 atom stereocenters. The molecule has 1 aliphatic rings. The molecule has 1 fully saturated rings. The van der Waals surface area contributed by atoms with Crippen molar-refractivity contribution < 1.29 is 18.7 Å². The molecular formula is C20H19FN6O3. The van der Waals surface area contributed by atoms with Crippen LogP contribution in [0.1, 0.15) is 12.6 Å². The van der Waals surface area contributed by atoms with Crippen LogP contribution in [0.3, 0.4) is 0 Å². The lowest BCUT2D eigenvalue weighted by Crippen LogP contribution is -2.33. The number of anilines is 1. The fourth-order valence-corrected chi connectivity index (χ4v) is 3.16. The minimum atomic E-state index is -0.573. The Morgan fingerprint density at radius 2 is 2.20 bits per heavy atom. The zero-order chi connectivity index (χ0) is 21.1. The number of carbonyl (C=O) groups excluding carboxylic acids is 2. The smallest absolute Gasteiger partial charge is 0.414 e. The molecule has 0 saturated carbocycles. The Labute approximate surface area is 171 Å². The average molecular weight is 410 g/mol. The van der Waals surface area contributed by atoms with Crippen molar-refractivity contribution in [3.63, 3.8) is 0 Å². The number of nitrogens with one attached hydrogen (secondary N) is 1. The number of halogens is 1. The van der Waals surface area contributed by atoms with Crippen LogP contribution in [0.2, 0.25) is 0 Å². The highest BCUT2D eigenvalue weighted by Crippen LogP contribution is 2.29. The first-order chi connectivity index (χ1) is 14.5. The number of hydrogen-bond donors (Lipinski definition) is 1. The number of ether oxygens (including phenoxy) is 1. The van der Waals surface area contributed by atoms with Crippen LogP contribution < -0.4 is 10.2 Å². The van der Waals surface area contributed by atoms with E-state index in [2.05, 4.69) is 20.6 Å². The van der Waals surface area contributed by atoms with Crippen LogP contribution >= 0.6 is 0 Å². The number of nitrogens with zero attached hydrogens (tertiary/aromatic N) is 5. The van der Waals surface area contributed by atoms with E-state index < -0.39 is 18.0 Å². The quantitative estimate of drug-likeness (QED) is 0.667. The molecule has 0 spiro atoms. The molecule has 0 aliphatic carbocycles. The molecule has 2 aromatic heterocycles. The van der Waals surface area contributed by atoms with Crippen LogP contribution in [0.4, 0.5) is 14.9 Å². The van der Waals surface area contributed by atoms with Gasteiger partial charge in [0.15, 0.2) is 0 Å². The van der Waals surface area contributed by atoms with Gasteiger partial charge in [0.25, 0.3) is 0 Å². The summed E-state index contributed by atoms with van der Waals surface area (Å²) >= 11 is 0. The molecule has 3 heterocycles. The minimum absolute atomic E-state index is 0.208.